The predicted molar refractivity (Wildman–Crippen MR) is 152 cm³/mol. The number of aliphatic hydroxyl groups excluding tert-OH is 1. The first-order valence-electron chi connectivity index (χ1n) is 13.2. The molecule has 0 saturated heterocycles. The van der Waals surface area contributed by atoms with Crippen molar-refractivity contribution in [1.29, 1.82) is 0 Å². The average molecular weight is 561 g/mol. The number of nitrogens with zero attached hydrogens (tertiary/aromatic N) is 2. The number of fused-ring (bicyclic) bond motifs is 3. The minimum Gasteiger partial charge on any atom is -0.494 e. The summed E-state index contributed by atoms with van der Waals surface area (Å²) in [5, 5.41) is 8.99. The minimum atomic E-state index is -3.69. The van der Waals surface area contributed by atoms with Crippen molar-refractivity contribution in [2.75, 3.05) is 25.5 Å². The molecule has 8 nitrogen and oxygen atoms in total. The Morgan fingerprint density at radius 2 is 1.80 bits per heavy atom. The van der Waals surface area contributed by atoms with E-state index in [4.69, 9.17) is 19.6 Å². The van der Waals surface area contributed by atoms with Crippen LogP contribution in [0.3, 0.4) is 0 Å². The fourth-order valence-electron chi connectivity index (χ4n) is 5.15. The Hall–Kier alpha value is -3.95. The maximum absolute atomic E-state index is 14.3. The van der Waals surface area contributed by atoms with Crippen molar-refractivity contribution >= 4 is 21.6 Å². The number of hydrogen-bond acceptors (Lipinski definition) is 7. The highest BCUT2D eigenvalue weighted by molar-refractivity contribution is 7.91. The summed E-state index contributed by atoms with van der Waals surface area (Å²) >= 11 is 0. The van der Waals surface area contributed by atoms with Gasteiger partial charge in [-0.15, -0.1) is 6.58 Å². The van der Waals surface area contributed by atoms with Gasteiger partial charge in [0.2, 0.25) is 5.90 Å². The van der Waals surface area contributed by atoms with Gasteiger partial charge in [-0.1, -0.05) is 48.5 Å². The van der Waals surface area contributed by atoms with Crippen LogP contribution in [0.4, 0.5) is 0 Å². The summed E-state index contributed by atoms with van der Waals surface area (Å²) < 4.78 is 38.8. The van der Waals surface area contributed by atoms with Crippen LogP contribution < -0.4 is 4.74 Å². The molecule has 5 rings (SSSR count). The molecule has 0 aliphatic carbocycles. The standard InChI is InChI=1S/C31H32N2O6S/c1-2-18-33-22-24-9-6-7-12-27(24)28-31(30(33)35,17-21-40(36,37)26-10-4-3-5-11-26)32-29(39-28)23-13-15-25(16-14-23)38-20-8-19-34/h2-7,9-16,28,34H,1,8,17-22H2/t28-,31-/m0/s1. The Labute approximate surface area is 234 Å². The summed E-state index contributed by atoms with van der Waals surface area (Å²) in [5.41, 5.74) is 0.888. The van der Waals surface area contributed by atoms with E-state index in [0.29, 0.717) is 30.9 Å². The van der Waals surface area contributed by atoms with Gasteiger partial charge in [-0.05, 0) is 42.0 Å². The molecule has 2 aliphatic heterocycles. The van der Waals surface area contributed by atoms with Crippen LogP contribution in [0, 0.1) is 0 Å². The summed E-state index contributed by atoms with van der Waals surface area (Å²) in [5.74, 6) is 0.330. The number of carbonyl (C=O) groups excluding carboxylic acids is 1. The number of benzene rings is 3. The number of aliphatic hydroxyl groups is 1. The van der Waals surface area contributed by atoms with Crippen LogP contribution in [0.15, 0.2) is 101 Å². The Morgan fingerprint density at radius 3 is 2.52 bits per heavy atom. The summed E-state index contributed by atoms with van der Waals surface area (Å²) in [7, 11) is -3.69. The van der Waals surface area contributed by atoms with Gasteiger partial charge in [0, 0.05) is 43.7 Å². The van der Waals surface area contributed by atoms with E-state index < -0.39 is 21.5 Å². The fraction of sp³-hybridized carbons (Fsp3) is 0.290. The van der Waals surface area contributed by atoms with E-state index in [0.717, 1.165) is 11.1 Å². The molecule has 0 unspecified atom stereocenters. The number of ether oxygens (including phenoxy) is 2. The van der Waals surface area contributed by atoms with E-state index >= 15 is 0 Å². The van der Waals surface area contributed by atoms with Crippen LogP contribution >= 0.6 is 0 Å². The van der Waals surface area contributed by atoms with Crippen molar-refractivity contribution < 1.29 is 27.8 Å². The summed E-state index contributed by atoms with van der Waals surface area (Å²) in [4.78, 5) is 21.1. The van der Waals surface area contributed by atoms with Crippen molar-refractivity contribution in [1.82, 2.24) is 4.90 Å². The number of rotatable bonds is 11. The van der Waals surface area contributed by atoms with Crippen LogP contribution in [-0.2, 0) is 25.9 Å². The Kier molecular flexibility index (Phi) is 8.04. The highest BCUT2D eigenvalue weighted by atomic mass is 32.2. The Balaban J connectivity index is 1.56. The average Bonchev–Trinajstić information content (AvgIpc) is 3.34. The van der Waals surface area contributed by atoms with Gasteiger partial charge in [0.1, 0.15) is 5.75 Å². The molecule has 2 atom stereocenters. The van der Waals surface area contributed by atoms with Gasteiger partial charge in [-0.2, -0.15) is 0 Å². The number of sulfone groups is 1. The molecule has 0 bridgehead atoms. The first kappa shape index (κ1) is 27.6. The normalized spacial score (nSPS) is 20.1. The van der Waals surface area contributed by atoms with E-state index in [1.54, 1.807) is 65.6 Å². The van der Waals surface area contributed by atoms with E-state index in [1.807, 2.05) is 24.3 Å². The van der Waals surface area contributed by atoms with Crippen LogP contribution in [-0.4, -0.2) is 61.3 Å². The zero-order valence-corrected chi connectivity index (χ0v) is 22.9. The molecule has 9 heteroatoms. The zero-order valence-electron chi connectivity index (χ0n) is 22.1. The maximum Gasteiger partial charge on any atom is 0.255 e. The van der Waals surface area contributed by atoms with Crippen molar-refractivity contribution in [3.8, 4) is 5.75 Å². The van der Waals surface area contributed by atoms with Gasteiger partial charge in [0.05, 0.1) is 17.3 Å². The van der Waals surface area contributed by atoms with Crippen LogP contribution in [0.5, 0.6) is 5.75 Å². The van der Waals surface area contributed by atoms with E-state index in [2.05, 4.69) is 6.58 Å². The molecule has 0 saturated carbocycles. The number of hydrogen-bond donors (Lipinski definition) is 1. The lowest BCUT2D eigenvalue weighted by atomic mass is 9.84. The second kappa shape index (κ2) is 11.7. The zero-order chi connectivity index (χ0) is 28.2. The highest BCUT2D eigenvalue weighted by Gasteiger charge is 2.56. The largest absolute Gasteiger partial charge is 0.494 e. The molecule has 40 heavy (non-hydrogen) atoms. The molecule has 2 heterocycles. The number of carbonyl (C=O) groups is 1. The van der Waals surface area contributed by atoms with Crippen LogP contribution in [0.2, 0.25) is 0 Å². The minimum absolute atomic E-state index is 0.0462. The predicted octanol–water partition coefficient (Wildman–Crippen LogP) is 4.10. The van der Waals surface area contributed by atoms with Crippen molar-refractivity contribution in [2.45, 2.75) is 35.9 Å². The lowest BCUT2D eigenvalue weighted by molar-refractivity contribution is -0.139. The quantitative estimate of drug-likeness (QED) is 0.280. The molecule has 0 aromatic heterocycles. The second-order valence-corrected chi connectivity index (χ2v) is 12.0. The Morgan fingerprint density at radius 1 is 1.07 bits per heavy atom. The summed E-state index contributed by atoms with van der Waals surface area (Å²) in [6.45, 7) is 4.89. The van der Waals surface area contributed by atoms with Crippen molar-refractivity contribution in [3.05, 3.63) is 108 Å². The van der Waals surface area contributed by atoms with Gasteiger partial charge in [0.25, 0.3) is 5.91 Å². The third-order valence-corrected chi connectivity index (χ3v) is 8.93. The topological polar surface area (TPSA) is 106 Å². The molecule has 0 radical (unpaired) electrons. The molecule has 0 spiro atoms. The van der Waals surface area contributed by atoms with Crippen molar-refractivity contribution in [2.24, 2.45) is 4.99 Å². The van der Waals surface area contributed by atoms with Gasteiger partial charge >= 0.3 is 0 Å². The lowest BCUT2D eigenvalue weighted by Crippen LogP contribution is -2.49. The first-order chi connectivity index (χ1) is 19.4. The molecule has 0 fully saturated rings. The summed E-state index contributed by atoms with van der Waals surface area (Å²) in [6, 6.07) is 23.1. The maximum atomic E-state index is 14.3. The van der Waals surface area contributed by atoms with Gasteiger partial charge in [-0.25, -0.2) is 13.4 Å². The number of amides is 1. The molecule has 1 amide bonds. The first-order valence-corrected chi connectivity index (χ1v) is 14.9. The third kappa shape index (κ3) is 5.39. The SMILES string of the molecule is C=CCN1Cc2ccccc2[C@@H]2OC(c3ccc(OCCCO)cc3)=N[C@]2(CCS(=O)(=O)c2ccccc2)C1=O. The monoisotopic (exact) mass is 560 g/mol. The highest BCUT2D eigenvalue weighted by Crippen LogP contribution is 2.47. The van der Waals surface area contributed by atoms with Crippen LogP contribution in [0.1, 0.15) is 35.6 Å². The van der Waals surface area contributed by atoms with Gasteiger partial charge in [-0.3, -0.25) is 4.79 Å². The fourth-order valence-corrected chi connectivity index (χ4v) is 6.54. The second-order valence-electron chi connectivity index (χ2n) is 9.84. The molecule has 2 aliphatic rings. The molecule has 1 N–H and O–H groups in total. The summed E-state index contributed by atoms with van der Waals surface area (Å²) in [6.07, 6.45) is 1.33. The van der Waals surface area contributed by atoms with Crippen LogP contribution in [0.25, 0.3) is 0 Å². The third-order valence-electron chi connectivity index (χ3n) is 7.20. The molecule has 3 aromatic rings. The van der Waals surface area contributed by atoms with Gasteiger partial charge < -0.3 is 19.5 Å². The molecule has 3 aromatic carbocycles. The van der Waals surface area contributed by atoms with E-state index in [1.165, 1.54) is 0 Å². The molecule has 208 valence electrons. The smallest absolute Gasteiger partial charge is 0.255 e. The van der Waals surface area contributed by atoms with Gasteiger partial charge in [0.15, 0.2) is 21.5 Å². The molecular formula is C31H32N2O6S. The molecular weight excluding hydrogens is 528 g/mol. The lowest BCUT2D eigenvalue weighted by Gasteiger charge is -2.32. The van der Waals surface area contributed by atoms with E-state index in [9.17, 15) is 13.2 Å². The number of aliphatic imine (C=N–C) groups is 1. The Bertz CT molecular complexity index is 1500. The van der Waals surface area contributed by atoms with Crippen molar-refractivity contribution in [3.63, 3.8) is 0 Å². The van der Waals surface area contributed by atoms with E-state index in [-0.39, 0.29) is 42.0 Å².